The number of ether oxygens (including phenoxy) is 1. The number of hydrogen-bond donors (Lipinski definition) is 2. The molecule has 0 radical (unpaired) electrons. The van der Waals surface area contributed by atoms with Crippen molar-refractivity contribution in [1.82, 2.24) is 10.6 Å². The summed E-state index contributed by atoms with van der Waals surface area (Å²) in [4.78, 5) is 12.0. The molecular formula is C17H24BrFN2O2. The first-order valence-electron chi connectivity index (χ1n) is 7.85. The molecule has 1 aromatic rings. The van der Waals surface area contributed by atoms with Gasteiger partial charge < -0.3 is 15.4 Å². The predicted molar refractivity (Wildman–Crippen MR) is 91.8 cm³/mol. The van der Waals surface area contributed by atoms with Crippen molar-refractivity contribution in [1.29, 1.82) is 0 Å². The van der Waals surface area contributed by atoms with E-state index in [2.05, 4.69) is 26.6 Å². The Hall–Kier alpha value is -1.14. The van der Waals surface area contributed by atoms with Crippen LogP contribution in [0, 0.1) is 5.82 Å². The lowest BCUT2D eigenvalue weighted by Gasteiger charge is -2.42. The number of hydrogen-bond acceptors (Lipinski definition) is 3. The van der Waals surface area contributed by atoms with Gasteiger partial charge in [0.2, 0.25) is 0 Å². The highest BCUT2D eigenvalue weighted by Gasteiger charge is 2.39. The van der Waals surface area contributed by atoms with Crippen LogP contribution in [0.3, 0.4) is 0 Å². The van der Waals surface area contributed by atoms with E-state index >= 15 is 0 Å². The number of carbonyl (C=O) groups excluding carboxylic acids is 1. The SMILES string of the molecule is CC(C)(C)OC(=O)NC1(CNCc2ccc(Br)c(F)c2)CCC1. The molecule has 4 nitrogen and oxygen atoms in total. The van der Waals surface area contributed by atoms with Crippen LogP contribution in [0.5, 0.6) is 0 Å². The van der Waals surface area contributed by atoms with E-state index in [4.69, 9.17) is 4.74 Å². The molecule has 0 bridgehead atoms. The number of nitrogens with one attached hydrogen (secondary N) is 2. The van der Waals surface area contributed by atoms with Crippen LogP contribution in [0.2, 0.25) is 0 Å². The van der Waals surface area contributed by atoms with E-state index in [9.17, 15) is 9.18 Å². The van der Waals surface area contributed by atoms with E-state index in [1.807, 2.05) is 26.8 Å². The predicted octanol–water partition coefficient (Wildman–Crippen LogP) is 4.13. The second-order valence-electron chi connectivity index (χ2n) is 7.11. The molecule has 0 spiro atoms. The Morgan fingerprint density at radius 3 is 2.61 bits per heavy atom. The summed E-state index contributed by atoms with van der Waals surface area (Å²) in [5, 5.41) is 6.30. The van der Waals surface area contributed by atoms with E-state index < -0.39 is 5.60 Å². The van der Waals surface area contributed by atoms with Gasteiger partial charge in [0.1, 0.15) is 11.4 Å². The lowest BCUT2D eigenvalue weighted by atomic mass is 9.76. The van der Waals surface area contributed by atoms with Gasteiger partial charge in [0, 0.05) is 13.1 Å². The minimum absolute atomic E-state index is 0.254. The van der Waals surface area contributed by atoms with Crippen molar-refractivity contribution >= 4 is 22.0 Å². The maximum absolute atomic E-state index is 13.5. The second-order valence-corrected chi connectivity index (χ2v) is 7.97. The molecule has 1 aromatic carbocycles. The van der Waals surface area contributed by atoms with Gasteiger partial charge in [-0.3, -0.25) is 0 Å². The van der Waals surface area contributed by atoms with E-state index in [-0.39, 0.29) is 17.4 Å². The van der Waals surface area contributed by atoms with E-state index in [1.54, 1.807) is 6.07 Å². The minimum Gasteiger partial charge on any atom is -0.444 e. The van der Waals surface area contributed by atoms with E-state index in [0.717, 1.165) is 24.8 Å². The highest BCUT2D eigenvalue weighted by atomic mass is 79.9. The maximum atomic E-state index is 13.5. The molecule has 1 amide bonds. The Bertz CT molecular complexity index is 568. The minimum atomic E-state index is -0.503. The fourth-order valence-corrected chi connectivity index (χ4v) is 2.81. The Morgan fingerprint density at radius 2 is 2.09 bits per heavy atom. The third kappa shape index (κ3) is 5.46. The lowest BCUT2D eigenvalue weighted by Crippen LogP contribution is -2.59. The second kappa shape index (κ2) is 7.18. The topological polar surface area (TPSA) is 50.4 Å². The van der Waals surface area contributed by atoms with Crippen LogP contribution in [-0.2, 0) is 11.3 Å². The normalized spacial score (nSPS) is 16.6. The van der Waals surface area contributed by atoms with Gasteiger partial charge in [0.05, 0.1) is 10.0 Å². The molecule has 2 rings (SSSR count). The summed E-state index contributed by atoms with van der Waals surface area (Å²) in [7, 11) is 0. The van der Waals surface area contributed by atoms with Crippen LogP contribution in [0.1, 0.15) is 45.6 Å². The van der Waals surface area contributed by atoms with E-state index in [1.165, 1.54) is 6.07 Å². The lowest BCUT2D eigenvalue weighted by molar-refractivity contribution is 0.0382. The molecule has 6 heteroatoms. The summed E-state index contributed by atoms with van der Waals surface area (Å²) in [6.07, 6.45) is 2.56. The first-order chi connectivity index (χ1) is 10.7. The average Bonchev–Trinajstić information content (AvgIpc) is 2.37. The molecule has 23 heavy (non-hydrogen) atoms. The number of alkyl carbamates (subject to hydrolysis) is 1. The molecule has 1 saturated carbocycles. The van der Waals surface area contributed by atoms with Gasteiger partial charge in [-0.1, -0.05) is 6.07 Å². The van der Waals surface area contributed by atoms with Gasteiger partial charge in [0.15, 0.2) is 0 Å². The first kappa shape index (κ1) is 18.2. The van der Waals surface area contributed by atoms with Crippen LogP contribution in [0.25, 0.3) is 0 Å². The van der Waals surface area contributed by atoms with Gasteiger partial charge in [-0.15, -0.1) is 0 Å². The van der Waals surface area contributed by atoms with Gasteiger partial charge in [0.25, 0.3) is 0 Å². The molecule has 0 unspecified atom stereocenters. The molecule has 1 fully saturated rings. The number of benzene rings is 1. The third-order valence-electron chi connectivity index (χ3n) is 3.85. The Labute approximate surface area is 145 Å². The fraction of sp³-hybridized carbons (Fsp3) is 0.588. The number of carbonyl (C=O) groups is 1. The standard InChI is InChI=1S/C17H24BrFN2O2/c1-16(2,3)23-15(22)21-17(7-4-8-17)11-20-10-12-5-6-13(18)14(19)9-12/h5-6,9,20H,4,7-8,10-11H2,1-3H3,(H,21,22). The van der Waals surface area contributed by atoms with Crippen molar-refractivity contribution in [2.45, 2.75) is 57.7 Å². The van der Waals surface area contributed by atoms with Crippen LogP contribution in [0.15, 0.2) is 22.7 Å². The van der Waals surface area contributed by atoms with Gasteiger partial charge in [-0.05, 0) is 73.7 Å². The van der Waals surface area contributed by atoms with Crippen molar-refractivity contribution in [3.8, 4) is 0 Å². The summed E-state index contributed by atoms with van der Waals surface area (Å²) >= 11 is 3.14. The van der Waals surface area contributed by atoms with Crippen LogP contribution in [0.4, 0.5) is 9.18 Å². The molecule has 0 heterocycles. The Kier molecular flexibility index (Phi) is 5.68. The van der Waals surface area contributed by atoms with Crippen LogP contribution >= 0.6 is 15.9 Å². The Balaban J connectivity index is 1.84. The zero-order valence-electron chi connectivity index (χ0n) is 13.8. The first-order valence-corrected chi connectivity index (χ1v) is 8.64. The third-order valence-corrected chi connectivity index (χ3v) is 4.50. The fourth-order valence-electron chi connectivity index (χ4n) is 2.57. The highest BCUT2D eigenvalue weighted by Crippen LogP contribution is 2.31. The number of halogens is 2. The number of rotatable bonds is 5. The molecule has 0 aliphatic heterocycles. The molecule has 0 atom stereocenters. The highest BCUT2D eigenvalue weighted by molar-refractivity contribution is 9.10. The summed E-state index contributed by atoms with van der Waals surface area (Å²) < 4.78 is 19.3. The summed E-state index contributed by atoms with van der Waals surface area (Å²) in [6, 6.07) is 5.07. The van der Waals surface area contributed by atoms with Crippen molar-refractivity contribution in [2.24, 2.45) is 0 Å². The van der Waals surface area contributed by atoms with Crippen molar-refractivity contribution < 1.29 is 13.9 Å². The van der Waals surface area contributed by atoms with Crippen LogP contribution < -0.4 is 10.6 Å². The van der Waals surface area contributed by atoms with Gasteiger partial charge in [-0.25, -0.2) is 9.18 Å². The average molecular weight is 387 g/mol. The van der Waals surface area contributed by atoms with E-state index in [0.29, 0.717) is 17.6 Å². The summed E-state index contributed by atoms with van der Waals surface area (Å²) in [6.45, 7) is 6.74. The summed E-state index contributed by atoms with van der Waals surface area (Å²) in [5.41, 5.74) is 0.116. The smallest absolute Gasteiger partial charge is 0.408 e. The number of amides is 1. The van der Waals surface area contributed by atoms with Crippen molar-refractivity contribution in [3.63, 3.8) is 0 Å². The quantitative estimate of drug-likeness (QED) is 0.799. The molecule has 1 aliphatic rings. The van der Waals surface area contributed by atoms with Gasteiger partial charge >= 0.3 is 6.09 Å². The largest absolute Gasteiger partial charge is 0.444 e. The summed E-state index contributed by atoms with van der Waals surface area (Å²) in [5.74, 6) is -0.269. The Morgan fingerprint density at radius 1 is 1.39 bits per heavy atom. The molecule has 128 valence electrons. The monoisotopic (exact) mass is 386 g/mol. The van der Waals surface area contributed by atoms with Crippen molar-refractivity contribution in [2.75, 3.05) is 6.54 Å². The van der Waals surface area contributed by atoms with Crippen LogP contribution in [-0.4, -0.2) is 23.8 Å². The maximum Gasteiger partial charge on any atom is 0.408 e. The van der Waals surface area contributed by atoms with Gasteiger partial charge in [-0.2, -0.15) is 0 Å². The molecule has 1 aliphatic carbocycles. The molecule has 2 N–H and O–H groups in total. The van der Waals surface area contributed by atoms with Crippen molar-refractivity contribution in [3.05, 3.63) is 34.1 Å². The molecule has 0 aromatic heterocycles. The molecular weight excluding hydrogens is 363 g/mol. The zero-order valence-corrected chi connectivity index (χ0v) is 15.4. The zero-order chi connectivity index (χ0) is 17.1. The molecule has 0 saturated heterocycles.